The molecule has 1 N–H and O–H groups in total. The molecule has 0 amide bonds. The topological polar surface area (TPSA) is 21.3 Å². The third kappa shape index (κ3) is 2.62. The summed E-state index contributed by atoms with van der Waals surface area (Å²) in [5.74, 6) is 3.66. The van der Waals surface area contributed by atoms with Crippen LogP contribution in [0.3, 0.4) is 0 Å². The maximum Gasteiger partial charge on any atom is 0.133 e. The summed E-state index contributed by atoms with van der Waals surface area (Å²) in [4.78, 5) is 0. The summed E-state index contributed by atoms with van der Waals surface area (Å²) in [5, 5.41) is 3.73. The zero-order valence-electron chi connectivity index (χ0n) is 12.4. The quantitative estimate of drug-likeness (QED) is 0.851. The van der Waals surface area contributed by atoms with Crippen LogP contribution in [0.5, 0.6) is 5.75 Å². The molecule has 2 aliphatic carbocycles. The van der Waals surface area contributed by atoms with E-state index in [9.17, 15) is 0 Å². The van der Waals surface area contributed by atoms with Crippen LogP contribution in [0.25, 0.3) is 0 Å². The van der Waals surface area contributed by atoms with Gasteiger partial charge >= 0.3 is 0 Å². The molecule has 4 atom stereocenters. The molecule has 0 aromatic heterocycles. The van der Waals surface area contributed by atoms with Gasteiger partial charge in [-0.2, -0.15) is 0 Å². The van der Waals surface area contributed by atoms with Gasteiger partial charge in [0.05, 0.1) is 11.6 Å². The van der Waals surface area contributed by atoms with E-state index in [-0.39, 0.29) is 0 Å². The van der Waals surface area contributed by atoms with Crippen LogP contribution in [0, 0.1) is 17.8 Å². The predicted molar refractivity (Wildman–Crippen MR) is 86.0 cm³/mol. The fraction of sp³-hybridized carbons (Fsp3) is 0.647. The Labute approximate surface area is 130 Å². The second-order valence-electron chi connectivity index (χ2n) is 6.27. The van der Waals surface area contributed by atoms with Crippen LogP contribution < -0.4 is 10.1 Å². The summed E-state index contributed by atoms with van der Waals surface area (Å²) >= 11 is 3.62. The van der Waals surface area contributed by atoms with E-state index in [0.717, 1.165) is 34.5 Å². The monoisotopic (exact) mass is 337 g/mol. The summed E-state index contributed by atoms with van der Waals surface area (Å²) in [6.07, 6.45) is 5.77. The molecule has 0 aliphatic heterocycles. The van der Waals surface area contributed by atoms with Crippen LogP contribution in [0.1, 0.15) is 44.2 Å². The average molecular weight is 338 g/mol. The normalized spacial score (nSPS) is 29.6. The lowest BCUT2D eigenvalue weighted by Gasteiger charge is -2.31. The van der Waals surface area contributed by atoms with Crippen molar-refractivity contribution in [1.82, 2.24) is 5.32 Å². The SMILES string of the molecule is CCNC(c1ccc(OC)c(Br)c1)C1CC2CCC1C2. The minimum Gasteiger partial charge on any atom is -0.496 e. The molecule has 2 nitrogen and oxygen atoms in total. The lowest BCUT2D eigenvalue weighted by atomic mass is 9.80. The summed E-state index contributed by atoms with van der Waals surface area (Å²) in [6, 6.07) is 7.04. The first-order valence-electron chi connectivity index (χ1n) is 7.79. The Morgan fingerprint density at radius 2 is 2.20 bits per heavy atom. The van der Waals surface area contributed by atoms with E-state index in [1.54, 1.807) is 7.11 Å². The van der Waals surface area contributed by atoms with Gasteiger partial charge in [0.25, 0.3) is 0 Å². The van der Waals surface area contributed by atoms with Crippen molar-refractivity contribution in [3.05, 3.63) is 28.2 Å². The van der Waals surface area contributed by atoms with E-state index < -0.39 is 0 Å². The van der Waals surface area contributed by atoms with Crippen molar-refractivity contribution in [3.63, 3.8) is 0 Å². The lowest BCUT2D eigenvalue weighted by Crippen LogP contribution is -2.31. The number of halogens is 1. The van der Waals surface area contributed by atoms with Gasteiger partial charge in [0.1, 0.15) is 5.75 Å². The first-order chi connectivity index (χ1) is 9.72. The van der Waals surface area contributed by atoms with E-state index in [4.69, 9.17) is 4.74 Å². The number of nitrogens with one attached hydrogen (secondary N) is 1. The number of fused-ring (bicyclic) bond motifs is 2. The van der Waals surface area contributed by atoms with Crippen LogP contribution in [0.2, 0.25) is 0 Å². The van der Waals surface area contributed by atoms with Gasteiger partial charge in [0, 0.05) is 6.04 Å². The van der Waals surface area contributed by atoms with Crippen molar-refractivity contribution in [2.45, 2.75) is 38.6 Å². The van der Waals surface area contributed by atoms with E-state index in [2.05, 4.69) is 46.4 Å². The number of benzene rings is 1. The van der Waals surface area contributed by atoms with Gasteiger partial charge in [-0.3, -0.25) is 0 Å². The smallest absolute Gasteiger partial charge is 0.133 e. The minimum atomic E-state index is 0.498. The van der Waals surface area contributed by atoms with Crippen LogP contribution in [-0.2, 0) is 0 Å². The lowest BCUT2D eigenvalue weighted by molar-refractivity contribution is 0.253. The highest BCUT2D eigenvalue weighted by atomic mass is 79.9. The molecule has 2 aliphatic rings. The molecule has 110 valence electrons. The molecule has 3 rings (SSSR count). The molecule has 2 fully saturated rings. The van der Waals surface area contributed by atoms with Gasteiger partial charge < -0.3 is 10.1 Å². The summed E-state index contributed by atoms with van der Waals surface area (Å²) < 4.78 is 6.41. The van der Waals surface area contributed by atoms with E-state index in [0.29, 0.717) is 6.04 Å². The highest BCUT2D eigenvalue weighted by Gasteiger charge is 2.43. The Morgan fingerprint density at radius 1 is 1.35 bits per heavy atom. The van der Waals surface area contributed by atoms with Crippen LogP contribution in [0.4, 0.5) is 0 Å². The number of hydrogen-bond donors (Lipinski definition) is 1. The maximum absolute atomic E-state index is 5.35. The first kappa shape index (κ1) is 14.4. The molecule has 2 saturated carbocycles. The van der Waals surface area contributed by atoms with Crippen molar-refractivity contribution >= 4 is 15.9 Å². The Hall–Kier alpha value is -0.540. The molecule has 20 heavy (non-hydrogen) atoms. The average Bonchev–Trinajstić information content (AvgIpc) is 3.07. The van der Waals surface area contributed by atoms with Crippen LogP contribution in [0.15, 0.2) is 22.7 Å². The molecule has 0 heterocycles. The molecule has 4 unspecified atom stereocenters. The van der Waals surface area contributed by atoms with E-state index in [1.807, 2.05) is 0 Å². The molecular weight excluding hydrogens is 314 g/mol. The maximum atomic E-state index is 5.35. The summed E-state index contributed by atoms with van der Waals surface area (Å²) in [6.45, 7) is 3.24. The van der Waals surface area contributed by atoms with Crippen LogP contribution in [-0.4, -0.2) is 13.7 Å². The largest absolute Gasteiger partial charge is 0.496 e. The highest BCUT2D eigenvalue weighted by molar-refractivity contribution is 9.10. The van der Waals surface area contributed by atoms with Crippen molar-refractivity contribution < 1.29 is 4.74 Å². The van der Waals surface area contributed by atoms with Gasteiger partial charge in [-0.1, -0.05) is 19.4 Å². The van der Waals surface area contributed by atoms with E-state index in [1.165, 1.54) is 31.2 Å². The minimum absolute atomic E-state index is 0.498. The Bertz CT molecular complexity index is 476. The van der Waals surface area contributed by atoms with Crippen molar-refractivity contribution in [2.24, 2.45) is 17.8 Å². The number of rotatable bonds is 5. The fourth-order valence-electron chi connectivity index (χ4n) is 4.31. The number of ether oxygens (including phenoxy) is 1. The Balaban J connectivity index is 1.85. The summed E-state index contributed by atoms with van der Waals surface area (Å²) in [5.41, 5.74) is 1.40. The number of methoxy groups -OCH3 is 1. The molecule has 2 bridgehead atoms. The van der Waals surface area contributed by atoms with Crippen LogP contribution >= 0.6 is 15.9 Å². The molecule has 0 saturated heterocycles. The fourth-order valence-corrected chi connectivity index (χ4v) is 4.87. The zero-order chi connectivity index (χ0) is 14.1. The third-order valence-corrected chi connectivity index (χ3v) is 5.80. The Morgan fingerprint density at radius 3 is 2.75 bits per heavy atom. The number of hydrogen-bond acceptors (Lipinski definition) is 2. The molecule has 1 aromatic carbocycles. The van der Waals surface area contributed by atoms with Gasteiger partial charge in [-0.05, 0) is 77.2 Å². The van der Waals surface area contributed by atoms with Crippen molar-refractivity contribution in [2.75, 3.05) is 13.7 Å². The molecule has 3 heteroatoms. The van der Waals surface area contributed by atoms with Crippen molar-refractivity contribution in [1.29, 1.82) is 0 Å². The summed E-state index contributed by atoms with van der Waals surface area (Å²) in [7, 11) is 1.72. The third-order valence-electron chi connectivity index (χ3n) is 5.18. The zero-order valence-corrected chi connectivity index (χ0v) is 13.9. The highest BCUT2D eigenvalue weighted by Crippen LogP contribution is 2.52. The van der Waals surface area contributed by atoms with E-state index >= 15 is 0 Å². The van der Waals surface area contributed by atoms with Gasteiger partial charge in [0.15, 0.2) is 0 Å². The standard InChI is InChI=1S/C17H24BrNO/c1-3-19-17(14-9-11-4-5-12(14)8-11)13-6-7-16(20-2)15(18)10-13/h6-7,10-12,14,17,19H,3-5,8-9H2,1-2H3. The molecular formula is C17H24BrNO. The molecule has 0 spiro atoms. The van der Waals surface area contributed by atoms with Gasteiger partial charge in [-0.25, -0.2) is 0 Å². The Kier molecular flexibility index (Phi) is 4.37. The second-order valence-corrected chi connectivity index (χ2v) is 7.12. The van der Waals surface area contributed by atoms with Crippen molar-refractivity contribution in [3.8, 4) is 5.75 Å². The first-order valence-corrected chi connectivity index (χ1v) is 8.59. The van der Waals surface area contributed by atoms with Gasteiger partial charge in [0.2, 0.25) is 0 Å². The second kappa shape index (κ2) is 6.07. The molecule has 0 radical (unpaired) electrons. The predicted octanol–water partition coefficient (Wildman–Crippen LogP) is 4.54. The van der Waals surface area contributed by atoms with Gasteiger partial charge in [-0.15, -0.1) is 0 Å². The molecule has 1 aromatic rings.